The van der Waals surface area contributed by atoms with Gasteiger partial charge in [0.2, 0.25) is 0 Å². The normalized spacial score (nSPS) is 12.6. The first kappa shape index (κ1) is 52.9. The highest BCUT2D eigenvalue weighted by Gasteiger charge is 2.27. The summed E-state index contributed by atoms with van der Waals surface area (Å²) < 4.78 is 2.26. The average molecular weight is 1130 g/mol. The van der Waals surface area contributed by atoms with Crippen LogP contribution in [0.1, 0.15) is 22.9 Å². The van der Waals surface area contributed by atoms with Gasteiger partial charge in [-0.1, -0.05) is 164 Å². The Balaban J connectivity index is 0.992. The Hall–Kier alpha value is -11.9. The molecule has 0 saturated carbocycles. The molecule has 0 spiro atoms. The molecule has 1 aliphatic heterocycles. The van der Waals surface area contributed by atoms with Gasteiger partial charge >= 0.3 is 0 Å². The summed E-state index contributed by atoms with van der Waals surface area (Å²) in [5, 5.41) is 0. The molecule has 418 valence electrons. The number of fused-ring (bicyclic) bond motifs is 13. The Bertz CT molecular complexity index is 4470. The molecule has 7 nitrogen and oxygen atoms in total. The second kappa shape index (κ2) is 23.7. The second-order valence-electron chi connectivity index (χ2n) is 21.9. The highest BCUT2D eigenvalue weighted by atomic mass is 15.2. The number of benzene rings is 12. The Morgan fingerprint density at radius 1 is 0.261 bits per heavy atom. The van der Waals surface area contributed by atoms with Crippen LogP contribution in [-0.4, -0.2) is 9.55 Å². The van der Waals surface area contributed by atoms with Crippen molar-refractivity contribution in [2.75, 3.05) is 24.5 Å². The first-order valence-electron chi connectivity index (χ1n) is 29.9. The zero-order chi connectivity index (χ0) is 58.6. The molecule has 0 atom stereocenters. The van der Waals surface area contributed by atoms with Crippen LogP contribution >= 0.6 is 0 Å². The lowest BCUT2D eigenvalue weighted by atomic mass is 9.87. The van der Waals surface area contributed by atoms with E-state index in [0.717, 1.165) is 119 Å². The molecule has 12 bridgehead atoms. The van der Waals surface area contributed by atoms with E-state index in [1.54, 1.807) is 0 Å². The number of para-hydroxylation sites is 6. The van der Waals surface area contributed by atoms with Gasteiger partial charge in [-0.3, -0.25) is 4.57 Å². The van der Waals surface area contributed by atoms with E-state index in [0.29, 0.717) is 6.42 Å². The SMILES string of the molecule is c1ccc2nc(CC3c4cccc(c4)N(c4ccccc4)c4cccc(c4)N(c4ccccc4)c4cccc(c4)N(c4ccccc4)c4cccc(c4)N(c4ccccc4)c4cccc(c4)N(c4ccccc4)c4cccc3c4)n(-c3ccccc3)c2c#1. The summed E-state index contributed by atoms with van der Waals surface area (Å²) in [5.41, 5.74) is 20.4. The van der Waals surface area contributed by atoms with Crippen molar-refractivity contribution >= 4 is 96.3 Å². The molecule has 13 aromatic carbocycles. The topological polar surface area (TPSA) is 34.0 Å². The molecule has 0 amide bonds. The first-order chi connectivity index (χ1) is 43.6. The smallest absolute Gasteiger partial charge is 0.124 e. The van der Waals surface area contributed by atoms with Crippen LogP contribution in [0.3, 0.4) is 0 Å². The van der Waals surface area contributed by atoms with Crippen molar-refractivity contribution in [1.82, 2.24) is 9.55 Å². The van der Waals surface area contributed by atoms with Crippen molar-refractivity contribution in [3.05, 3.63) is 369 Å². The minimum absolute atomic E-state index is 0.182. The van der Waals surface area contributed by atoms with Gasteiger partial charge in [-0.05, 0) is 199 Å². The summed E-state index contributed by atoms with van der Waals surface area (Å²) >= 11 is 0. The molecule has 0 radical (unpaired) electrons. The van der Waals surface area contributed by atoms with Gasteiger partial charge in [0.25, 0.3) is 0 Å². The standard InChI is InChI=1S/C81H59N7/c1-7-29-62(30-8-1)83-68-41-21-27-60(53-68)78(59-81-82-79-51-19-20-52-80(79)88(81)67-39-17-6-18-40-67)61-28-22-42-69(54-61)84(63-31-9-2-10-32-63)71-44-24-46-73(56-71)86(65-35-13-4-14-36-65)75-48-26-50-77(58-75)87(66-37-15-5-16-38-66)76-49-25-47-74(57-76)85(64-33-11-3-12-34-64)72-45-23-43-70(83)55-72/h1-19,21-51,53-58,78H,59H2. The van der Waals surface area contributed by atoms with Gasteiger partial charge in [-0.2, -0.15) is 0 Å². The predicted octanol–water partition coefficient (Wildman–Crippen LogP) is 21.7. The number of rotatable bonds is 8. The van der Waals surface area contributed by atoms with Crippen LogP contribution in [0.4, 0.5) is 85.3 Å². The average Bonchev–Trinajstić information content (AvgIpc) is 4.00. The van der Waals surface area contributed by atoms with Crippen LogP contribution in [0.2, 0.25) is 0 Å². The quantitative estimate of drug-likeness (QED) is 0.151. The molecule has 1 aromatic heterocycles. The number of anilines is 15. The fraction of sp³-hybridized carbons (Fsp3) is 0.0247. The van der Waals surface area contributed by atoms with E-state index < -0.39 is 0 Å². The van der Waals surface area contributed by atoms with E-state index in [2.05, 4.69) is 369 Å². The molecule has 0 N–H and O–H groups in total. The molecule has 88 heavy (non-hydrogen) atoms. The van der Waals surface area contributed by atoms with Crippen molar-refractivity contribution in [2.45, 2.75) is 12.3 Å². The van der Waals surface area contributed by atoms with Crippen LogP contribution in [0.25, 0.3) is 16.7 Å². The maximum atomic E-state index is 5.44. The van der Waals surface area contributed by atoms with Crippen LogP contribution < -0.4 is 24.5 Å². The zero-order valence-corrected chi connectivity index (χ0v) is 48.2. The summed E-state index contributed by atoms with van der Waals surface area (Å²) in [6.07, 6.45) is 0.573. The third-order valence-electron chi connectivity index (χ3n) is 16.4. The minimum atomic E-state index is -0.182. The van der Waals surface area contributed by atoms with Crippen molar-refractivity contribution in [3.8, 4) is 5.69 Å². The molecule has 7 heteroatoms. The Kier molecular flexibility index (Phi) is 14.2. The fourth-order valence-corrected chi connectivity index (χ4v) is 12.5. The third-order valence-corrected chi connectivity index (χ3v) is 16.4. The van der Waals surface area contributed by atoms with E-state index in [4.69, 9.17) is 4.98 Å². The molecule has 15 rings (SSSR count). The van der Waals surface area contributed by atoms with Gasteiger partial charge in [-0.25, -0.2) is 4.98 Å². The zero-order valence-electron chi connectivity index (χ0n) is 48.2. The summed E-state index contributed by atoms with van der Waals surface area (Å²) in [6.45, 7) is 0. The molecule has 1 aliphatic rings. The van der Waals surface area contributed by atoms with E-state index in [1.165, 1.54) is 0 Å². The van der Waals surface area contributed by atoms with Gasteiger partial charge in [0.1, 0.15) is 11.3 Å². The Morgan fingerprint density at radius 2 is 0.523 bits per heavy atom. The fourth-order valence-electron chi connectivity index (χ4n) is 12.5. The summed E-state index contributed by atoms with van der Waals surface area (Å²) in [6, 6.07) is 129. The highest BCUT2D eigenvalue weighted by Crippen LogP contribution is 2.47. The lowest BCUT2D eigenvalue weighted by molar-refractivity contribution is 0.745. The van der Waals surface area contributed by atoms with E-state index >= 15 is 0 Å². The van der Waals surface area contributed by atoms with E-state index in [9.17, 15) is 0 Å². The lowest BCUT2D eigenvalue weighted by Gasteiger charge is -2.32. The van der Waals surface area contributed by atoms with Crippen molar-refractivity contribution < 1.29 is 0 Å². The van der Waals surface area contributed by atoms with Crippen LogP contribution in [0.5, 0.6) is 0 Å². The van der Waals surface area contributed by atoms with Crippen LogP contribution in [-0.2, 0) is 6.42 Å². The summed E-state index contributed by atoms with van der Waals surface area (Å²) in [5.74, 6) is 0.743. The maximum absolute atomic E-state index is 5.44. The first-order valence-corrected chi connectivity index (χ1v) is 29.9. The Labute approximate surface area is 514 Å². The van der Waals surface area contributed by atoms with E-state index in [-0.39, 0.29) is 5.92 Å². The van der Waals surface area contributed by atoms with Gasteiger partial charge in [0, 0.05) is 103 Å². The predicted molar refractivity (Wildman–Crippen MR) is 364 cm³/mol. The number of hydrogen-bond donors (Lipinski definition) is 0. The monoisotopic (exact) mass is 1130 g/mol. The van der Waals surface area contributed by atoms with Crippen molar-refractivity contribution in [2.24, 2.45) is 0 Å². The number of nitrogens with zero attached hydrogens (tertiary/aromatic N) is 7. The number of imidazole rings is 1. The number of hydrogen-bond acceptors (Lipinski definition) is 6. The number of aromatic nitrogens is 2. The molecular formula is C81H59N7. The molecule has 0 fully saturated rings. The van der Waals surface area contributed by atoms with Crippen molar-refractivity contribution in [3.63, 3.8) is 0 Å². The van der Waals surface area contributed by atoms with Crippen LogP contribution in [0.15, 0.2) is 340 Å². The summed E-state index contributed by atoms with van der Waals surface area (Å²) in [7, 11) is 0. The lowest BCUT2D eigenvalue weighted by Crippen LogP contribution is -2.16. The Morgan fingerprint density at radius 3 is 0.830 bits per heavy atom. The van der Waals surface area contributed by atoms with Gasteiger partial charge in [0.05, 0.1) is 5.52 Å². The molecule has 0 saturated heterocycles. The molecule has 0 aliphatic carbocycles. The van der Waals surface area contributed by atoms with Gasteiger partial charge in [0.15, 0.2) is 0 Å². The molecular weight excluding hydrogens is 1070 g/mol. The minimum Gasteiger partial charge on any atom is -0.310 e. The molecule has 0 unspecified atom stereocenters. The highest BCUT2D eigenvalue weighted by molar-refractivity contribution is 5.89. The maximum Gasteiger partial charge on any atom is 0.124 e. The van der Waals surface area contributed by atoms with Crippen molar-refractivity contribution in [1.29, 1.82) is 0 Å². The van der Waals surface area contributed by atoms with E-state index in [1.807, 2.05) is 12.1 Å². The second-order valence-corrected chi connectivity index (χ2v) is 21.9. The third kappa shape index (κ3) is 10.4. The van der Waals surface area contributed by atoms with Crippen LogP contribution in [0, 0.1) is 12.1 Å². The van der Waals surface area contributed by atoms with Gasteiger partial charge < -0.3 is 24.5 Å². The van der Waals surface area contributed by atoms with Gasteiger partial charge in [-0.15, -0.1) is 0 Å². The molecule has 2 heterocycles. The summed E-state index contributed by atoms with van der Waals surface area (Å²) in [4.78, 5) is 17.3. The largest absolute Gasteiger partial charge is 0.310 e. The molecule has 14 aromatic rings.